The van der Waals surface area contributed by atoms with Crippen molar-refractivity contribution in [1.82, 2.24) is 20.8 Å². The Labute approximate surface area is 193 Å². The number of hydrogen-bond donors (Lipinski definition) is 2. The summed E-state index contributed by atoms with van der Waals surface area (Å²) in [4.78, 5) is 8.67. The highest BCUT2D eigenvalue weighted by molar-refractivity contribution is 14.0. The maximum atomic E-state index is 5.28. The highest BCUT2D eigenvalue weighted by Crippen LogP contribution is 2.18. The van der Waals surface area contributed by atoms with Gasteiger partial charge in [-0.3, -0.25) is 4.99 Å². The molecule has 156 valence electrons. The summed E-state index contributed by atoms with van der Waals surface area (Å²) in [6.45, 7) is 5.90. The summed E-state index contributed by atoms with van der Waals surface area (Å²) in [6, 6.07) is 10.4. The number of guanidine groups is 1. The van der Waals surface area contributed by atoms with Crippen LogP contribution in [-0.4, -0.2) is 36.2 Å². The first-order valence-corrected chi connectivity index (χ1v) is 10.5. The third-order valence-corrected chi connectivity index (χ3v) is 5.30. The first kappa shape index (κ1) is 23.3. The van der Waals surface area contributed by atoms with E-state index in [4.69, 9.17) is 4.52 Å². The third kappa shape index (κ3) is 6.81. The summed E-state index contributed by atoms with van der Waals surface area (Å²) in [6.07, 6.45) is 1.68. The molecule has 0 saturated carbocycles. The van der Waals surface area contributed by atoms with Crippen molar-refractivity contribution >= 4 is 41.3 Å². The predicted octanol–water partition coefficient (Wildman–Crippen LogP) is 4.49. The monoisotopic (exact) mass is 525 g/mol. The Balaban J connectivity index is 0.00000300. The molecule has 0 spiro atoms. The van der Waals surface area contributed by atoms with E-state index in [1.54, 1.807) is 18.4 Å². The van der Waals surface area contributed by atoms with Gasteiger partial charge in [-0.2, -0.15) is 16.3 Å². The van der Waals surface area contributed by atoms with E-state index in [1.165, 1.54) is 11.1 Å². The molecule has 2 aromatic heterocycles. The number of rotatable bonds is 8. The molecule has 0 amide bonds. The molecule has 1 unspecified atom stereocenters. The van der Waals surface area contributed by atoms with Crippen LogP contribution in [0.25, 0.3) is 11.5 Å². The van der Waals surface area contributed by atoms with Gasteiger partial charge in [0.15, 0.2) is 11.8 Å². The Hall–Kier alpha value is -1.94. The lowest BCUT2D eigenvalue weighted by molar-refractivity contribution is 0.423. The molecule has 6 nitrogen and oxygen atoms in total. The number of nitrogens with one attached hydrogen (secondary N) is 2. The fourth-order valence-electron chi connectivity index (χ4n) is 2.80. The molecule has 3 rings (SSSR count). The number of benzene rings is 1. The van der Waals surface area contributed by atoms with Gasteiger partial charge in [0.25, 0.3) is 5.89 Å². The van der Waals surface area contributed by atoms with Crippen molar-refractivity contribution in [3.63, 3.8) is 0 Å². The predicted molar refractivity (Wildman–Crippen MR) is 130 cm³/mol. The molecular formula is C21H28IN5OS. The molecule has 0 aliphatic heterocycles. The Bertz CT molecular complexity index is 877. The van der Waals surface area contributed by atoms with Crippen molar-refractivity contribution in [1.29, 1.82) is 0 Å². The second-order valence-corrected chi connectivity index (χ2v) is 7.43. The molecule has 0 radical (unpaired) electrons. The zero-order valence-corrected chi connectivity index (χ0v) is 20.2. The number of nitrogens with zero attached hydrogens (tertiary/aromatic N) is 3. The van der Waals surface area contributed by atoms with E-state index >= 15 is 0 Å². The third-order valence-electron chi connectivity index (χ3n) is 4.60. The quantitative estimate of drug-likeness (QED) is 0.258. The fourth-order valence-corrected chi connectivity index (χ4v) is 3.58. The van der Waals surface area contributed by atoms with Crippen LogP contribution in [0.15, 0.2) is 50.6 Å². The molecule has 0 bridgehead atoms. The summed E-state index contributed by atoms with van der Waals surface area (Å²) in [7, 11) is 1.80. The van der Waals surface area contributed by atoms with Gasteiger partial charge in [-0.15, -0.1) is 24.0 Å². The normalized spacial score (nSPS) is 12.3. The fraction of sp³-hybridized carbons (Fsp3) is 0.381. The van der Waals surface area contributed by atoms with E-state index in [9.17, 15) is 0 Å². The number of aromatic nitrogens is 2. The number of thiophene rings is 1. The Kier molecular flexibility index (Phi) is 9.59. The van der Waals surface area contributed by atoms with E-state index in [0.29, 0.717) is 11.8 Å². The maximum absolute atomic E-state index is 5.28. The number of hydrogen-bond acceptors (Lipinski definition) is 5. The lowest BCUT2D eigenvalue weighted by Crippen LogP contribution is -2.39. The van der Waals surface area contributed by atoms with Crippen molar-refractivity contribution < 1.29 is 4.52 Å². The van der Waals surface area contributed by atoms with Crippen LogP contribution in [0.1, 0.15) is 36.7 Å². The summed E-state index contributed by atoms with van der Waals surface area (Å²) in [5.74, 6) is 2.59. The molecule has 2 heterocycles. The van der Waals surface area contributed by atoms with Gasteiger partial charge in [-0.05, 0) is 52.4 Å². The van der Waals surface area contributed by atoms with Crippen LogP contribution >= 0.6 is 35.3 Å². The largest absolute Gasteiger partial charge is 0.356 e. The SMILES string of the molecule is CCc1noc(-c2ccc(CCNC(=NC)NCC(C)c3ccsc3)cc2)n1.I. The van der Waals surface area contributed by atoms with Crippen LogP contribution in [0.3, 0.4) is 0 Å². The van der Waals surface area contributed by atoms with Crippen molar-refractivity contribution in [3.8, 4) is 11.5 Å². The van der Waals surface area contributed by atoms with E-state index in [-0.39, 0.29) is 24.0 Å². The topological polar surface area (TPSA) is 75.3 Å². The lowest BCUT2D eigenvalue weighted by atomic mass is 10.1. The minimum atomic E-state index is 0. The standard InChI is InChI=1S/C21H27N5OS.HI/c1-4-19-25-20(27-26-19)17-7-5-16(6-8-17)9-11-23-21(22-3)24-13-15(2)18-10-12-28-14-18;/h5-8,10,12,14-15H,4,9,11,13H2,1-3H3,(H2,22,23,24);1H. The van der Waals surface area contributed by atoms with Gasteiger partial charge < -0.3 is 15.2 Å². The van der Waals surface area contributed by atoms with Crippen LogP contribution in [0.4, 0.5) is 0 Å². The minimum absolute atomic E-state index is 0. The molecule has 0 aliphatic rings. The highest BCUT2D eigenvalue weighted by atomic mass is 127. The first-order valence-electron chi connectivity index (χ1n) is 9.58. The summed E-state index contributed by atoms with van der Waals surface area (Å²) >= 11 is 1.73. The number of halogens is 1. The molecule has 8 heteroatoms. The maximum Gasteiger partial charge on any atom is 0.257 e. The van der Waals surface area contributed by atoms with Gasteiger partial charge in [0.2, 0.25) is 0 Å². The van der Waals surface area contributed by atoms with Gasteiger partial charge in [0, 0.05) is 32.1 Å². The van der Waals surface area contributed by atoms with Gasteiger partial charge in [-0.1, -0.05) is 31.1 Å². The summed E-state index contributed by atoms with van der Waals surface area (Å²) < 4.78 is 5.28. The Morgan fingerprint density at radius 1 is 1.21 bits per heavy atom. The second kappa shape index (κ2) is 11.9. The summed E-state index contributed by atoms with van der Waals surface area (Å²) in [5, 5.41) is 15.0. The average Bonchev–Trinajstić information content (AvgIpc) is 3.43. The van der Waals surface area contributed by atoms with E-state index < -0.39 is 0 Å². The molecule has 29 heavy (non-hydrogen) atoms. The molecule has 0 fully saturated rings. The van der Waals surface area contributed by atoms with E-state index in [0.717, 1.165) is 43.3 Å². The molecule has 3 aromatic rings. The Morgan fingerprint density at radius 3 is 2.62 bits per heavy atom. The van der Waals surface area contributed by atoms with Gasteiger partial charge in [0.05, 0.1) is 0 Å². The van der Waals surface area contributed by atoms with Crippen LogP contribution < -0.4 is 10.6 Å². The average molecular weight is 525 g/mol. The Morgan fingerprint density at radius 2 is 2.00 bits per heavy atom. The van der Waals surface area contributed by atoms with Crippen molar-refractivity contribution in [2.45, 2.75) is 32.6 Å². The van der Waals surface area contributed by atoms with E-state index in [2.05, 4.69) is 61.6 Å². The van der Waals surface area contributed by atoms with Crippen LogP contribution in [0, 0.1) is 0 Å². The van der Waals surface area contributed by atoms with Gasteiger partial charge >= 0.3 is 0 Å². The van der Waals surface area contributed by atoms with Gasteiger partial charge in [-0.25, -0.2) is 0 Å². The van der Waals surface area contributed by atoms with Crippen LogP contribution in [0.5, 0.6) is 0 Å². The van der Waals surface area contributed by atoms with Crippen LogP contribution in [0.2, 0.25) is 0 Å². The molecule has 1 atom stereocenters. The number of aliphatic imine (C=N–C) groups is 1. The zero-order chi connectivity index (χ0) is 19.8. The molecular weight excluding hydrogens is 497 g/mol. The zero-order valence-electron chi connectivity index (χ0n) is 17.0. The van der Waals surface area contributed by atoms with Crippen LogP contribution in [-0.2, 0) is 12.8 Å². The molecule has 2 N–H and O–H groups in total. The number of aryl methyl sites for hydroxylation is 1. The molecule has 1 aromatic carbocycles. The highest BCUT2D eigenvalue weighted by Gasteiger charge is 2.08. The van der Waals surface area contributed by atoms with E-state index in [1.807, 2.05) is 19.1 Å². The molecule has 0 saturated heterocycles. The van der Waals surface area contributed by atoms with Crippen molar-refractivity contribution in [3.05, 3.63) is 58.0 Å². The van der Waals surface area contributed by atoms with Crippen molar-refractivity contribution in [2.75, 3.05) is 20.1 Å². The molecule has 0 aliphatic carbocycles. The van der Waals surface area contributed by atoms with Crippen molar-refractivity contribution in [2.24, 2.45) is 4.99 Å². The first-order chi connectivity index (χ1) is 13.7. The smallest absolute Gasteiger partial charge is 0.257 e. The summed E-state index contributed by atoms with van der Waals surface area (Å²) in [5.41, 5.74) is 3.55. The lowest BCUT2D eigenvalue weighted by Gasteiger charge is -2.15. The van der Waals surface area contributed by atoms with Gasteiger partial charge in [0.1, 0.15) is 0 Å². The second-order valence-electron chi connectivity index (χ2n) is 6.65. The minimum Gasteiger partial charge on any atom is -0.356 e.